The zero-order valence-electron chi connectivity index (χ0n) is 9.91. The third-order valence-corrected chi connectivity index (χ3v) is 2.97. The first-order chi connectivity index (χ1) is 6.87. The molecule has 0 bridgehead atoms. The lowest BCUT2D eigenvalue weighted by Gasteiger charge is -2.00. The summed E-state index contributed by atoms with van der Waals surface area (Å²) < 4.78 is 27.1. The van der Waals surface area contributed by atoms with Crippen LogP contribution in [0.2, 0.25) is 0 Å². The molecule has 0 N–H and O–H groups in total. The zero-order valence-corrected chi connectivity index (χ0v) is 10.7. The van der Waals surface area contributed by atoms with E-state index < -0.39 is 10.1 Å². The van der Waals surface area contributed by atoms with Gasteiger partial charge in [-0.05, 0) is 40.5 Å². The van der Waals surface area contributed by atoms with Crippen LogP contribution in [-0.2, 0) is 14.3 Å². The molecule has 0 spiro atoms. The standard InChI is InChI=1S/C11H20O3S/c1-5-14-15(12,13)9-11(4)8-6-7-10(2)3/h7,9H,5-6,8H2,1-4H3. The minimum absolute atomic E-state index is 0.181. The van der Waals surface area contributed by atoms with E-state index in [-0.39, 0.29) is 6.61 Å². The Morgan fingerprint density at radius 3 is 2.33 bits per heavy atom. The van der Waals surface area contributed by atoms with Crippen molar-refractivity contribution in [3.8, 4) is 0 Å². The van der Waals surface area contributed by atoms with Crippen LogP contribution in [0.5, 0.6) is 0 Å². The van der Waals surface area contributed by atoms with E-state index in [0.29, 0.717) is 0 Å². The van der Waals surface area contributed by atoms with Gasteiger partial charge in [0.1, 0.15) is 0 Å². The highest BCUT2D eigenvalue weighted by molar-refractivity contribution is 7.89. The van der Waals surface area contributed by atoms with Gasteiger partial charge < -0.3 is 0 Å². The first kappa shape index (κ1) is 14.4. The van der Waals surface area contributed by atoms with Crippen LogP contribution in [0, 0.1) is 0 Å². The van der Waals surface area contributed by atoms with E-state index in [2.05, 4.69) is 10.3 Å². The minimum Gasteiger partial charge on any atom is -0.267 e. The molecule has 0 fully saturated rings. The highest BCUT2D eigenvalue weighted by atomic mass is 32.2. The molecule has 0 aliphatic rings. The molecule has 0 unspecified atom stereocenters. The van der Waals surface area contributed by atoms with E-state index in [4.69, 9.17) is 0 Å². The van der Waals surface area contributed by atoms with Crippen molar-refractivity contribution in [3.63, 3.8) is 0 Å². The third kappa shape index (κ3) is 8.39. The number of hydrogen-bond acceptors (Lipinski definition) is 3. The molecule has 0 aromatic rings. The molecule has 0 saturated heterocycles. The second kappa shape index (κ2) is 6.80. The van der Waals surface area contributed by atoms with Crippen molar-refractivity contribution < 1.29 is 12.6 Å². The Kier molecular flexibility index (Phi) is 6.52. The molecule has 15 heavy (non-hydrogen) atoms. The van der Waals surface area contributed by atoms with Crippen molar-refractivity contribution in [1.29, 1.82) is 0 Å². The van der Waals surface area contributed by atoms with Crippen LogP contribution in [0.1, 0.15) is 40.5 Å². The predicted octanol–water partition coefficient (Wildman–Crippen LogP) is 3.00. The molecule has 0 saturated carbocycles. The third-order valence-electron chi connectivity index (χ3n) is 1.72. The highest BCUT2D eigenvalue weighted by Gasteiger charge is 2.05. The molecule has 0 aliphatic heterocycles. The van der Waals surface area contributed by atoms with Crippen LogP contribution in [-0.4, -0.2) is 15.0 Å². The van der Waals surface area contributed by atoms with Crippen LogP contribution in [0.3, 0.4) is 0 Å². The molecule has 0 rings (SSSR count). The Balaban J connectivity index is 4.26. The van der Waals surface area contributed by atoms with Crippen molar-refractivity contribution in [1.82, 2.24) is 0 Å². The zero-order chi connectivity index (χ0) is 11.9. The number of allylic oxidation sites excluding steroid dienone is 3. The van der Waals surface area contributed by atoms with Crippen LogP contribution in [0.4, 0.5) is 0 Å². The number of hydrogen-bond donors (Lipinski definition) is 0. The fourth-order valence-electron chi connectivity index (χ4n) is 1.09. The Labute approximate surface area is 93.0 Å². The van der Waals surface area contributed by atoms with Gasteiger partial charge in [-0.3, -0.25) is 4.18 Å². The summed E-state index contributed by atoms with van der Waals surface area (Å²) in [5.74, 6) is 0. The summed E-state index contributed by atoms with van der Waals surface area (Å²) in [7, 11) is -3.46. The fourth-order valence-corrected chi connectivity index (χ4v) is 2.10. The molecule has 4 heteroatoms. The quantitative estimate of drug-likeness (QED) is 0.522. The Morgan fingerprint density at radius 1 is 1.27 bits per heavy atom. The van der Waals surface area contributed by atoms with Crippen molar-refractivity contribution in [2.45, 2.75) is 40.5 Å². The molecular formula is C11H20O3S. The SMILES string of the molecule is CCOS(=O)(=O)C=C(C)CCC=C(C)C. The van der Waals surface area contributed by atoms with Gasteiger partial charge in [0.05, 0.1) is 12.0 Å². The second-order valence-electron chi connectivity index (χ2n) is 3.68. The van der Waals surface area contributed by atoms with Crippen LogP contribution in [0.15, 0.2) is 22.6 Å². The van der Waals surface area contributed by atoms with Gasteiger partial charge >= 0.3 is 0 Å². The van der Waals surface area contributed by atoms with Gasteiger partial charge in [0.15, 0.2) is 0 Å². The molecular weight excluding hydrogens is 212 g/mol. The summed E-state index contributed by atoms with van der Waals surface area (Å²) in [4.78, 5) is 0. The summed E-state index contributed by atoms with van der Waals surface area (Å²) in [5, 5.41) is 1.20. The van der Waals surface area contributed by atoms with E-state index in [1.165, 1.54) is 11.0 Å². The predicted molar refractivity (Wildman–Crippen MR) is 63.0 cm³/mol. The van der Waals surface area contributed by atoms with E-state index in [1.807, 2.05) is 13.8 Å². The molecule has 3 nitrogen and oxygen atoms in total. The molecule has 0 aromatic heterocycles. The second-order valence-corrected chi connectivity index (χ2v) is 5.14. The lowest BCUT2D eigenvalue weighted by molar-refractivity contribution is 0.344. The molecule has 0 amide bonds. The van der Waals surface area contributed by atoms with Crippen molar-refractivity contribution in [2.24, 2.45) is 0 Å². The maximum atomic E-state index is 11.2. The average molecular weight is 232 g/mol. The highest BCUT2D eigenvalue weighted by Crippen LogP contribution is 2.09. The van der Waals surface area contributed by atoms with E-state index in [9.17, 15) is 8.42 Å². The molecule has 0 aliphatic carbocycles. The molecule has 0 atom stereocenters. The van der Waals surface area contributed by atoms with Crippen LogP contribution in [0.25, 0.3) is 0 Å². The van der Waals surface area contributed by atoms with Crippen LogP contribution < -0.4 is 0 Å². The van der Waals surface area contributed by atoms with E-state index in [1.54, 1.807) is 13.8 Å². The summed E-state index contributed by atoms with van der Waals surface area (Å²) >= 11 is 0. The van der Waals surface area contributed by atoms with Crippen molar-refractivity contribution >= 4 is 10.1 Å². The topological polar surface area (TPSA) is 43.4 Å². The molecule has 0 radical (unpaired) electrons. The largest absolute Gasteiger partial charge is 0.289 e. The first-order valence-corrected chi connectivity index (χ1v) is 6.54. The summed E-state index contributed by atoms with van der Waals surface area (Å²) in [6.07, 6.45) is 3.70. The van der Waals surface area contributed by atoms with E-state index in [0.717, 1.165) is 18.4 Å². The lowest BCUT2D eigenvalue weighted by atomic mass is 10.1. The monoisotopic (exact) mass is 232 g/mol. The Morgan fingerprint density at radius 2 is 1.87 bits per heavy atom. The minimum atomic E-state index is -3.46. The molecule has 0 aromatic carbocycles. The van der Waals surface area contributed by atoms with Gasteiger partial charge in [-0.2, -0.15) is 8.42 Å². The van der Waals surface area contributed by atoms with E-state index >= 15 is 0 Å². The maximum absolute atomic E-state index is 11.2. The van der Waals surface area contributed by atoms with Gasteiger partial charge in [0, 0.05) is 0 Å². The van der Waals surface area contributed by atoms with Crippen molar-refractivity contribution in [3.05, 3.63) is 22.6 Å². The Hall–Kier alpha value is -0.610. The first-order valence-electron chi connectivity index (χ1n) is 5.07. The van der Waals surface area contributed by atoms with Crippen LogP contribution >= 0.6 is 0 Å². The molecule has 0 heterocycles. The Bertz CT molecular complexity index is 333. The van der Waals surface area contributed by atoms with Gasteiger partial charge in [0.25, 0.3) is 10.1 Å². The summed E-state index contributed by atoms with van der Waals surface area (Å²) in [6.45, 7) is 7.69. The normalized spacial score (nSPS) is 12.7. The van der Waals surface area contributed by atoms with Gasteiger partial charge in [-0.25, -0.2) is 0 Å². The number of rotatable bonds is 6. The smallest absolute Gasteiger partial charge is 0.267 e. The van der Waals surface area contributed by atoms with Gasteiger partial charge in [-0.15, -0.1) is 0 Å². The maximum Gasteiger partial charge on any atom is 0.289 e. The lowest BCUT2D eigenvalue weighted by Crippen LogP contribution is -2.01. The molecule has 88 valence electrons. The van der Waals surface area contributed by atoms with Gasteiger partial charge in [0.2, 0.25) is 0 Å². The van der Waals surface area contributed by atoms with Gasteiger partial charge in [-0.1, -0.05) is 17.2 Å². The fraction of sp³-hybridized carbons (Fsp3) is 0.636. The summed E-state index contributed by atoms with van der Waals surface area (Å²) in [5.41, 5.74) is 2.07. The summed E-state index contributed by atoms with van der Waals surface area (Å²) in [6, 6.07) is 0. The van der Waals surface area contributed by atoms with Crippen molar-refractivity contribution in [2.75, 3.05) is 6.61 Å². The average Bonchev–Trinajstić information content (AvgIpc) is 2.01.